The number of carboxylic acids is 1. The van der Waals surface area contributed by atoms with Crippen LogP contribution in [0.15, 0.2) is 0 Å². The Bertz CT molecular complexity index is 365. The van der Waals surface area contributed by atoms with Crippen LogP contribution in [0, 0.1) is 5.92 Å². The van der Waals surface area contributed by atoms with Gasteiger partial charge in [0, 0.05) is 13.1 Å². The Hall–Kier alpha value is -1.79. The van der Waals surface area contributed by atoms with Gasteiger partial charge in [-0.2, -0.15) is 0 Å². The molecular formula is C13H23N3O4. The molecule has 114 valence electrons. The molecule has 1 saturated heterocycles. The van der Waals surface area contributed by atoms with E-state index < -0.39 is 30.4 Å². The van der Waals surface area contributed by atoms with E-state index in [1.54, 1.807) is 4.90 Å². The minimum Gasteiger partial charge on any atom is -0.480 e. The highest BCUT2D eigenvalue weighted by Gasteiger charge is 2.27. The van der Waals surface area contributed by atoms with E-state index in [-0.39, 0.29) is 0 Å². The van der Waals surface area contributed by atoms with Gasteiger partial charge in [0.25, 0.3) is 0 Å². The molecule has 1 atom stereocenters. The van der Waals surface area contributed by atoms with E-state index in [2.05, 4.69) is 12.2 Å². The van der Waals surface area contributed by atoms with Gasteiger partial charge in [0.15, 0.2) is 0 Å². The van der Waals surface area contributed by atoms with Gasteiger partial charge >= 0.3 is 12.0 Å². The van der Waals surface area contributed by atoms with Crippen LogP contribution in [0.25, 0.3) is 0 Å². The summed E-state index contributed by atoms with van der Waals surface area (Å²) < 4.78 is 0. The van der Waals surface area contributed by atoms with Gasteiger partial charge in [-0.05, 0) is 18.8 Å². The van der Waals surface area contributed by atoms with E-state index in [9.17, 15) is 14.4 Å². The predicted molar refractivity (Wildman–Crippen MR) is 73.0 cm³/mol. The first-order valence-corrected chi connectivity index (χ1v) is 7.00. The van der Waals surface area contributed by atoms with Crippen LogP contribution in [0.3, 0.4) is 0 Å². The third-order valence-corrected chi connectivity index (χ3v) is 3.60. The molecule has 0 bridgehead atoms. The third kappa shape index (κ3) is 5.07. The average Bonchev–Trinajstić information content (AvgIpc) is 2.38. The molecule has 0 aliphatic carbocycles. The van der Waals surface area contributed by atoms with Gasteiger partial charge in [0.1, 0.15) is 6.04 Å². The van der Waals surface area contributed by atoms with Crippen LogP contribution < -0.4 is 11.1 Å². The zero-order chi connectivity index (χ0) is 15.1. The smallest absolute Gasteiger partial charge is 0.326 e. The molecule has 1 aliphatic rings. The van der Waals surface area contributed by atoms with E-state index in [1.165, 1.54) is 0 Å². The molecule has 3 amide bonds. The fraction of sp³-hybridized carbons (Fsp3) is 0.769. The van der Waals surface area contributed by atoms with Crippen LogP contribution in [0.2, 0.25) is 0 Å². The first-order chi connectivity index (χ1) is 9.43. The maximum atomic E-state index is 12.0. The molecule has 0 aromatic rings. The molecule has 0 saturated carbocycles. The number of carboxylic acid groups (broad SMARTS) is 1. The molecular weight excluding hydrogens is 262 g/mol. The maximum Gasteiger partial charge on any atom is 0.326 e. The zero-order valence-corrected chi connectivity index (χ0v) is 11.8. The van der Waals surface area contributed by atoms with Crippen molar-refractivity contribution in [2.45, 2.75) is 45.1 Å². The van der Waals surface area contributed by atoms with Crippen LogP contribution in [-0.4, -0.2) is 47.0 Å². The molecule has 1 unspecified atom stereocenters. The van der Waals surface area contributed by atoms with Gasteiger partial charge in [-0.15, -0.1) is 0 Å². The molecule has 0 radical (unpaired) electrons. The molecule has 1 aliphatic heterocycles. The molecule has 1 rings (SSSR count). The molecule has 4 N–H and O–H groups in total. The molecule has 1 heterocycles. The fourth-order valence-corrected chi connectivity index (χ4v) is 2.47. The van der Waals surface area contributed by atoms with Crippen molar-refractivity contribution in [3.8, 4) is 0 Å². The summed E-state index contributed by atoms with van der Waals surface area (Å²) >= 11 is 0. The Kier molecular flexibility index (Phi) is 6.27. The number of urea groups is 1. The summed E-state index contributed by atoms with van der Waals surface area (Å²) in [6.45, 7) is 3.39. The van der Waals surface area contributed by atoms with Crippen molar-refractivity contribution in [3.63, 3.8) is 0 Å². The first-order valence-electron chi connectivity index (χ1n) is 7.00. The van der Waals surface area contributed by atoms with Gasteiger partial charge in [-0.3, -0.25) is 4.79 Å². The fourth-order valence-electron chi connectivity index (χ4n) is 2.47. The Morgan fingerprint density at radius 2 is 1.95 bits per heavy atom. The summed E-state index contributed by atoms with van der Waals surface area (Å²) in [5, 5.41) is 11.3. The largest absolute Gasteiger partial charge is 0.480 e. The lowest BCUT2D eigenvalue weighted by Gasteiger charge is -2.32. The lowest BCUT2D eigenvalue weighted by atomic mass is 9.93. The number of nitrogens with two attached hydrogens (primary N) is 1. The highest BCUT2D eigenvalue weighted by Crippen LogP contribution is 2.21. The Morgan fingerprint density at radius 3 is 2.40 bits per heavy atom. The van der Waals surface area contributed by atoms with E-state index in [4.69, 9.17) is 10.8 Å². The summed E-state index contributed by atoms with van der Waals surface area (Å²) in [4.78, 5) is 35.3. The number of carbonyl (C=O) groups is 3. The summed E-state index contributed by atoms with van der Waals surface area (Å²) in [7, 11) is 0. The summed E-state index contributed by atoms with van der Waals surface area (Å²) in [6.07, 6.45) is 3.78. The van der Waals surface area contributed by atoms with Crippen molar-refractivity contribution in [1.29, 1.82) is 0 Å². The zero-order valence-electron chi connectivity index (χ0n) is 11.8. The van der Waals surface area contributed by atoms with E-state index in [1.807, 2.05) is 0 Å². The minimum absolute atomic E-state index is 0.395. The topological polar surface area (TPSA) is 113 Å². The average molecular weight is 285 g/mol. The lowest BCUT2D eigenvalue weighted by Crippen LogP contribution is -2.51. The quantitative estimate of drug-likeness (QED) is 0.661. The molecule has 0 spiro atoms. The molecule has 1 fully saturated rings. The van der Waals surface area contributed by atoms with Gasteiger partial charge in [0.05, 0.1) is 6.42 Å². The first kappa shape index (κ1) is 16.3. The summed E-state index contributed by atoms with van der Waals surface area (Å²) in [5.74, 6) is -1.36. The van der Waals surface area contributed by atoms with Gasteiger partial charge in [0.2, 0.25) is 5.91 Å². The van der Waals surface area contributed by atoms with Crippen molar-refractivity contribution in [2.75, 3.05) is 13.1 Å². The van der Waals surface area contributed by atoms with Crippen LogP contribution in [0.4, 0.5) is 4.79 Å². The molecule has 20 heavy (non-hydrogen) atoms. The third-order valence-electron chi connectivity index (χ3n) is 3.60. The van der Waals surface area contributed by atoms with Crippen LogP contribution in [-0.2, 0) is 9.59 Å². The second-order valence-corrected chi connectivity index (χ2v) is 5.23. The number of carbonyl (C=O) groups excluding carboxylic acids is 2. The minimum atomic E-state index is -1.26. The van der Waals surface area contributed by atoms with Crippen molar-refractivity contribution in [2.24, 2.45) is 11.7 Å². The predicted octanol–water partition coefficient (Wildman–Crippen LogP) is 0.537. The molecule has 7 heteroatoms. The number of hydrogen-bond donors (Lipinski definition) is 3. The molecule has 0 aromatic carbocycles. The number of likely N-dealkylation sites (tertiary alicyclic amines) is 1. The summed E-state index contributed by atoms with van der Waals surface area (Å²) in [6, 6.07) is -1.69. The van der Waals surface area contributed by atoms with Crippen molar-refractivity contribution < 1.29 is 19.5 Å². The van der Waals surface area contributed by atoms with Crippen LogP contribution in [0.1, 0.15) is 39.0 Å². The Morgan fingerprint density at radius 1 is 1.35 bits per heavy atom. The molecule has 7 nitrogen and oxygen atoms in total. The number of primary amides is 1. The van der Waals surface area contributed by atoms with Gasteiger partial charge in [-0.25, -0.2) is 9.59 Å². The van der Waals surface area contributed by atoms with E-state index in [0.717, 1.165) is 25.7 Å². The number of nitrogens with zero attached hydrogens (tertiary/aromatic N) is 1. The summed E-state index contributed by atoms with van der Waals surface area (Å²) in [5.41, 5.74) is 4.97. The number of rotatable bonds is 6. The van der Waals surface area contributed by atoms with Crippen molar-refractivity contribution in [1.82, 2.24) is 10.2 Å². The maximum absolute atomic E-state index is 12.0. The van der Waals surface area contributed by atoms with E-state index >= 15 is 0 Å². The molecule has 0 aromatic heterocycles. The van der Waals surface area contributed by atoms with E-state index in [0.29, 0.717) is 19.0 Å². The number of aliphatic carboxylic acids is 1. The van der Waals surface area contributed by atoms with Crippen LogP contribution >= 0.6 is 0 Å². The lowest BCUT2D eigenvalue weighted by molar-refractivity contribution is -0.141. The SMILES string of the molecule is CCCC1CCN(C(=O)NC(CC(N)=O)C(=O)O)CC1. The normalized spacial score (nSPS) is 17.6. The highest BCUT2D eigenvalue weighted by molar-refractivity contribution is 5.87. The Balaban J connectivity index is 2.45. The number of nitrogens with one attached hydrogen (secondary N) is 1. The second kappa shape index (κ2) is 7.72. The van der Waals surface area contributed by atoms with Crippen LogP contribution in [0.5, 0.6) is 0 Å². The van der Waals surface area contributed by atoms with Crippen molar-refractivity contribution >= 4 is 17.9 Å². The van der Waals surface area contributed by atoms with Crippen molar-refractivity contribution in [3.05, 3.63) is 0 Å². The number of amides is 3. The second-order valence-electron chi connectivity index (χ2n) is 5.23. The Labute approximate surface area is 118 Å². The standard InChI is InChI=1S/C13H23N3O4/c1-2-3-9-4-6-16(7-5-9)13(20)15-10(12(18)19)8-11(14)17/h9-10H,2-8H2,1H3,(H2,14,17)(H,15,20)(H,18,19). The number of piperidine rings is 1. The van der Waals surface area contributed by atoms with Gasteiger partial charge < -0.3 is 21.1 Å². The van der Waals surface area contributed by atoms with Gasteiger partial charge in [-0.1, -0.05) is 19.8 Å². The highest BCUT2D eigenvalue weighted by atomic mass is 16.4. The monoisotopic (exact) mass is 285 g/mol. The number of hydrogen-bond acceptors (Lipinski definition) is 3.